The fourth-order valence-corrected chi connectivity index (χ4v) is 4.11. The molecule has 0 aliphatic carbocycles. The molecule has 3 heterocycles. The Hall–Kier alpha value is -1.01. The molecule has 0 spiro atoms. The SMILES string of the molecule is Fc1ccccc1CN1C[C@@H]2OCCN(C[C@H]3CCCO3)[C@@H]2C1. The van der Waals surface area contributed by atoms with Gasteiger partial charge in [-0.3, -0.25) is 9.80 Å². The standard InChI is InChI=1S/C18H25FN2O2/c19-16-6-2-1-4-14(16)10-20-12-17-18(13-20)23-9-7-21(17)11-15-5-3-8-22-15/h1-2,4,6,15,17-18H,3,5,7-13H2/t15-,17-,18+/m1/s1. The van der Waals surface area contributed by atoms with Crippen molar-refractivity contribution in [1.29, 1.82) is 0 Å². The molecule has 3 fully saturated rings. The molecule has 4 nitrogen and oxygen atoms in total. The Kier molecular flexibility index (Phi) is 4.62. The summed E-state index contributed by atoms with van der Waals surface area (Å²) in [7, 11) is 0. The number of hydrogen-bond acceptors (Lipinski definition) is 4. The van der Waals surface area contributed by atoms with Crippen molar-refractivity contribution in [2.45, 2.75) is 37.6 Å². The average Bonchev–Trinajstić information content (AvgIpc) is 3.19. The van der Waals surface area contributed by atoms with Crippen molar-refractivity contribution in [3.05, 3.63) is 35.6 Å². The third-order valence-corrected chi connectivity index (χ3v) is 5.31. The molecule has 0 aromatic heterocycles. The third-order valence-electron chi connectivity index (χ3n) is 5.31. The number of hydrogen-bond donors (Lipinski definition) is 0. The minimum Gasteiger partial charge on any atom is -0.377 e. The van der Waals surface area contributed by atoms with Gasteiger partial charge in [0.1, 0.15) is 5.82 Å². The Morgan fingerprint density at radius 2 is 2.04 bits per heavy atom. The molecule has 0 saturated carbocycles. The van der Waals surface area contributed by atoms with Crippen LogP contribution in [0.2, 0.25) is 0 Å². The lowest BCUT2D eigenvalue weighted by Gasteiger charge is -2.38. The molecule has 0 amide bonds. The summed E-state index contributed by atoms with van der Waals surface area (Å²) in [6, 6.07) is 7.48. The summed E-state index contributed by atoms with van der Waals surface area (Å²) in [6.45, 7) is 6.19. The summed E-state index contributed by atoms with van der Waals surface area (Å²) < 4.78 is 25.6. The molecular formula is C18H25FN2O2. The molecule has 23 heavy (non-hydrogen) atoms. The van der Waals surface area contributed by atoms with E-state index in [9.17, 15) is 4.39 Å². The first-order valence-electron chi connectivity index (χ1n) is 8.72. The van der Waals surface area contributed by atoms with Gasteiger partial charge in [0.15, 0.2) is 0 Å². The predicted molar refractivity (Wildman–Crippen MR) is 85.8 cm³/mol. The molecule has 1 aromatic rings. The molecule has 0 radical (unpaired) electrons. The second kappa shape index (κ2) is 6.85. The van der Waals surface area contributed by atoms with Crippen molar-refractivity contribution in [3.63, 3.8) is 0 Å². The van der Waals surface area contributed by atoms with Gasteiger partial charge in [-0.2, -0.15) is 0 Å². The van der Waals surface area contributed by atoms with Gasteiger partial charge >= 0.3 is 0 Å². The monoisotopic (exact) mass is 320 g/mol. The van der Waals surface area contributed by atoms with Crippen molar-refractivity contribution >= 4 is 0 Å². The van der Waals surface area contributed by atoms with Crippen molar-refractivity contribution in [2.24, 2.45) is 0 Å². The van der Waals surface area contributed by atoms with Crippen molar-refractivity contribution in [1.82, 2.24) is 9.80 Å². The summed E-state index contributed by atoms with van der Waals surface area (Å²) in [4.78, 5) is 4.85. The van der Waals surface area contributed by atoms with E-state index in [2.05, 4.69) is 9.80 Å². The maximum absolute atomic E-state index is 13.9. The Labute approximate surface area is 137 Å². The summed E-state index contributed by atoms with van der Waals surface area (Å²) in [5.41, 5.74) is 0.775. The van der Waals surface area contributed by atoms with E-state index < -0.39 is 0 Å². The number of rotatable bonds is 4. The van der Waals surface area contributed by atoms with E-state index in [0.29, 0.717) is 18.7 Å². The van der Waals surface area contributed by atoms with Crippen molar-refractivity contribution in [2.75, 3.05) is 39.4 Å². The first-order valence-corrected chi connectivity index (χ1v) is 8.72. The van der Waals surface area contributed by atoms with E-state index in [1.807, 2.05) is 12.1 Å². The van der Waals surface area contributed by atoms with E-state index in [-0.39, 0.29) is 11.9 Å². The Morgan fingerprint density at radius 1 is 1.13 bits per heavy atom. The lowest BCUT2D eigenvalue weighted by atomic mass is 10.1. The van der Waals surface area contributed by atoms with Gasteiger partial charge in [0.2, 0.25) is 0 Å². The molecule has 4 rings (SSSR count). The lowest BCUT2D eigenvalue weighted by Crippen LogP contribution is -2.52. The molecule has 3 aliphatic rings. The van der Waals surface area contributed by atoms with E-state index in [1.54, 1.807) is 12.1 Å². The van der Waals surface area contributed by atoms with Gasteiger partial charge in [-0.25, -0.2) is 4.39 Å². The highest BCUT2D eigenvalue weighted by molar-refractivity contribution is 5.17. The molecule has 3 atom stereocenters. The highest BCUT2D eigenvalue weighted by Crippen LogP contribution is 2.26. The highest BCUT2D eigenvalue weighted by atomic mass is 19.1. The molecular weight excluding hydrogens is 295 g/mol. The van der Waals surface area contributed by atoms with Crippen LogP contribution < -0.4 is 0 Å². The van der Waals surface area contributed by atoms with Crippen LogP contribution in [0, 0.1) is 5.82 Å². The van der Waals surface area contributed by atoms with Gasteiger partial charge in [0, 0.05) is 50.9 Å². The van der Waals surface area contributed by atoms with Gasteiger partial charge in [0.05, 0.1) is 18.8 Å². The van der Waals surface area contributed by atoms with Crippen LogP contribution in [0.1, 0.15) is 18.4 Å². The fraction of sp³-hybridized carbons (Fsp3) is 0.667. The first-order chi connectivity index (χ1) is 11.3. The van der Waals surface area contributed by atoms with Gasteiger partial charge in [-0.15, -0.1) is 0 Å². The molecule has 5 heteroatoms. The Morgan fingerprint density at radius 3 is 2.87 bits per heavy atom. The number of halogens is 1. The van der Waals surface area contributed by atoms with Crippen LogP contribution in [-0.2, 0) is 16.0 Å². The average molecular weight is 320 g/mol. The smallest absolute Gasteiger partial charge is 0.127 e. The maximum atomic E-state index is 13.9. The van der Waals surface area contributed by atoms with Crippen LogP contribution in [0.15, 0.2) is 24.3 Å². The Bertz CT molecular complexity index is 536. The van der Waals surface area contributed by atoms with Crippen LogP contribution >= 0.6 is 0 Å². The number of ether oxygens (including phenoxy) is 2. The van der Waals surface area contributed by atoms with Gasteiger partial charge in [-0.1, -0.05) is 18.2 Å². The normalized spacial score (nSPS) is 32.3. The Balaban J connectivity index is 1.39. The number of morpholine rings is 1. The first kappa shape index (κ1) is 15.5. The highest BCUT2D eigenvalue weighted by Gasteiger charge is 2.40. The second-order valence-corrected chi connectivity index (χ2v) is 6.89. The summed E-state index contributed by atoms with van der Waals surface area (Å²) in [6.07, 6.45) is 2.99. The number of nitrogens with zero attached hydrogens (tertiary/aromatic N) is 2. The van der Waals surface area contributed by atoms with Gasteiger partial charge < -0.3 is 9.47 Å². The zero-order valence-electron chi connectivity index (χ0n) is 13.5. The molecule has 1 aromatic carbocycles. The van der Waals surface area contributed by atoms with Crippen LogP contribution in [0.3, 0.4) is 0 Å². The molecule has 3 aliphatic heterocycles. The summed E-state index contributed by atoms with van der Waals surface area (Å²) >= 11 is 0. The lowest BCUT2D eigenvalue weighted by molar-refractivity contribution is -0.0615. The summed E-state index contributed by atoms with van der Waals surface area (Å²) in [5.74, 6) is -0.112. The molecule has 3 saturated heterocycles. The maximum Gasteiger partial charge on any atom is 0.127 e. The minimum atomic E-state index is -0.112. The van der Waals surface area contributed by atoms with E-state index in [4.69, 9.17) is 9.47 Å². The molecule has 0 bridgehead atoms. The summed E-state index contributed by atoms with van der Waals surface area (Å²) in [5, 5.41) is 0. The number of benzene rings is 1. The van der Waals surface area contributed by atoms with Crippen LogP contribution in [0.25, 0.3) is 0 Å². The second-order valence-electron chi connectivity index (χ2n) is 6.89. The van der Waals surface area contributed by atoms with Crippen molar-refractivity contribution < 1.29 is 13.9 Å². The quantitative estimate of drug-likeness (QED) is 0.846. The fourth-order valence-electron chi connectivity index (χ4n) is 4.11. The molecule has 0 N–H and O–H groups in total. The predicted octanol–water partition coefficient (Wildman–Crippen LogP) is 1.89. The van der Waals surface area contributed by atoms with Crippen LogP contribution in [0.5, 0.6) is 0 Å². The van der Waals surface area contributed by atoms with E-state index in [0.717, 1.165) is 45.0 Å². The number of fused-ring (bicyclic) bond motifs is 1. The largest absolute Gasteiger partial charge is 0.377 e. The molecule has 0 unspecified atom stereocenters. The third kappa shape index (κ3) is 3.43. The molecule has 126 valence electrons. The van der Waals surface area contributed by atoms with E-state index in [1.165, 1.54) is 12.8 Å². The number of likely N-dealkylation sites (tertiary alicyclic amines) is 1. The van der Waals surface area contributed by atoms with Crippen molar-refractivity contribution in [3.8, 4) is 0 Å². The van der Waals surface area contributed by atoms with E-state index >= 15 is 0 Å². The van der Waals surface area contributed by atoms with Crippen LogP contribution in [-0.4, -0.2) is 67.4 Å². The van der Waals surface area contributed by atoms with Crippen LogP contribution in [0.4, 0.5) is 4.39 Å². The van der Waals surface area contributed by atoms with Gasteiger partial charge in [0.25, 0.3) is 0 Å². The zero-order chi connectivity index (χ0) is 15.6. The van der Waals surface area contributed by atoms with Gasteiger partial charge in [-0.05, 0) is 18.9 Å². The zero-order valence-corrected chi connectivity index (χ0v) is 13.5. The minimum absolute atomic E-state index is 0.112. The topological polar surface area (TPSA) is 24.9 Å².